The van der Waals surface area contributed by atoms with E-state index < -0.39 is 0 Å². The molecule has 2 rings (SSSR count). The van der Waals surface area contributed by atoms with Gasteiger partial charge in [-0.25, -0.2) is 0 Å². The Bertz CT molecular complexity index is 456. The summed E-state index contributed by atoms with van der Waals surface area (Å²) in [5.41, 5.74) is 2.95. The van der Waals surface area contributed by atoms with Gasteiger partial charge in [0.05, 0.1) is 6.42 Å². The summed E-state index contributed by atoms with van der Waals surface area (Å²) in [5.74, 6) is 6.19. The molecule has 1 N–H and O–H groups in total. The summed E-state index contributed by atoms with van der Waals surface area (Å²) in [6.45, 7) is 0. The third-order valence-corrected chi connectivity index (χ3v) is 2.58. The number of alkyl halides is 1. The van der Waals surface area contributed by atoms with E-state index in [2.05, 4.69) is 33.1 Å². The number of anilines is 1. The summed E-state index contributed by atoms with van der Waals surface area (Å²) in [7, 11) is 0. The highest BCUT2D eigenvalue weighted by Crippen LogP contribution is 2.23. The van der Waals surface area contributed by atoms with Crippen LogP contribution in [0.3, 0.4) is 0 Å². The largest absolute Gasteiger partial charge is 0.326 e. The van der Waals surface area contributed by atoms with Gasteiger partial charge in [0.1, 0.15) is 0 Å². The summed E-state index contributed by atoms with van der Waals surface area (Å²) in [5, 5.41) is 3.69. The highest BCUT2D eigenvalue weighted by atomic mass is 79.9. The van der Waals surface area contributed by atoms with E-state index in [1.165, 1.54) is 0 Å². The molecule has 0 aromatic heterocycles. The van der Waals surface area contributed by atoms with E-state index in [9.17, 15) is 4.79 Å². The fraction of sp³-hybridized carbons (Fsp3) is 0.250. The number of nitrogens with one attached hydrogen (secondary N) is 1. The highest BCUT2D eigenvalue weighted by Gasteiger charge is 2.16. The molecule has 0 atom stereocenters. The first kappa shape index (κ1) is 10.3. The number of amides is 1. The van der Waals surface area contributed by atoms with Crippen molar-refractivity contribution in [1.82, 2.24) is 0 Å². The Kier molecular flexibility index (Phi) is 3.08. The minimum Gasteiger partial charge on any atom is -0.326 e. The van der Waals surface area contributed by atoms with Crippen LogP contribution in [-0.2, 0) is 11.2 Å². The van der Waals surface area contributed by atoms with E-state index in [4.69, 9.17) is 0 Å². The molecule has 3 heteroatoms. The molecule has 2 nitrogen and oxygen atoms in total. The molecule has 0 aliphatic carbocycles. The number of hydrogen-bond donors (Lipinski definition) is 1. The minimum atomic E-state index is 0.0653. The lowest BCUT2D eigenvalue weighted by Gasteiger charge is -1.97. The normalized spacial score (nSPS) is 12.7. The third kappa shape index (κ3) is 2.40. The van der Waals surface area contributed by atoms with Gasteiger partial charge in [-0.15, -0.1) is 0 Å². The molecule has 1 aromatic carbocycles. The molecule has 15 heavy (non-hydrogen) atoms. The van der Waals surface area contributed by atoms with Crippen LogP contribution in [0.15, 0.2) is 18.2 Å². The van der Waals surface area contributed by atoms with Crippen LogP contribution in [0.1, 0.15) is 17.5 Å². The maximum atomic E-state index is 11.1. The van der Waals surface area contributed by atoms with Gasteiger partial charge in [-0.05, 0) is 23.8 Å². The first-order chi connectivity index (χ1) is 7.29. The number of benzene rings is 1. The number of carbonyl (C=O) groups excluding carboxylic acids is 1. The molecule has 1 aromatic rings. The molecule has 0 unspecified atom stereocenters. The lowest BCUT2D eigenvalue weighted by Crippen LogP contribution is -2.03. The summed E-state index contributed by atoms with van der Waals surface area (Å²) < 4.78 is 0. The molecule has 1 heterocycles. The molecule has 0 fully saturated rings. The summed E-state index contributed by atoms with van der Waals surface area (Å²) in [4.78, 5) is 11.1. The Hall–Kier alpha value is -1.27. The van der Waals surface area contributed by atoms with Crippen molar-refractivity contribution in [3.63, 3.8) is 0 Å². The maximum Gasteiger partial charge on any atom is 0.228 e. The Morgan fingerprint density at radius 2 is 2.33 bits per heavy atom. The van der Waals surface area contributed by atoms with Crippen molar-refractivity contribution in [1.29, 1.82) is 0 Å². The fourth-order valence-corrected chi connectivity index (χ4v) is 1.72. The van der Waals surface area contributed by atoms with Crippen molar-refractivity contribution >= 4 is 27.5 Å². The van der Waals surface area contributed by atoms with Gasteiger partial charge in [0.15, 0.2) is 0 Å². The fourth-order valence-electron chi connectivity index (χ4n) is 1.52. The third-order valence-electron chi connectivity index (χ3n) is 2.18. The molecule has 0 bridgehead atoms. The first-order valence-electron chi connectivity index (χ1n) is 4.77. The Morgan fingerprint density at radius 3 is 3.13 bits per heavy atom. The molecule has 0 spiro atoms. The van der Waals surface area contributed by atoms with Crippen LogP contribution in [0.5, 0.6) is 0 Å². The van der Waals surface area contributed by atoms with E-state index in [0.29, 0.717) is 6.42 Å². The molecule has 0 radical (unpaired) electrons. The van der Waals surface area contributed by atoms with Crippen molar-refractivity contribution in [3.05, 3.63) is 29.3 Å². The number of halogens is 1. The van der Waals surface area contributed by atoms with Gasteiger partial charge in [0.25, 0.3) is 0 Å². The smallest absolute Gasteiger partial charge is 0.228 e. The molecule has 1 aliphatic rings. The monoisotopic (exact) mass is 263 g/mol. The van der Waals surface area contributed by atoms with Crippen LogP contribution in [0.2, 0.25) is 0 Å². The first-order valence-corrected chi connectivity index (χ1v) is 5.89. The summed E-state index contributed by atoms with van der Waals surface area (Å²) in [6, 6.07) is 5.83. The van der Waals surface area contributed by atoms with Crippen molar-refractivity contribution in [3.8, 4) is 11.8 Å². The molecule has 1 amide bonds. The Morgan fingerprint density at radius 1 is 1.47 bits per heavy atom. The minimum absolute atomic E-state index is 0.0653. The van der Waals surface area contributed by atoms with E-state index >= 15 is 0 Å². The summed E-state index contributed by atoms with van der Waals surface area (Å²) >= 11 is 3.32. The van der Waals surface area contributed by atoms with Crippen molar-refractivity contribution < 1.29 is 4.79 Å². The van der Waals surface area contributed by atoms with Crippen molar-refractivity contribution in [2.24, 2.45) is 0 Å². The van der Waals surface area contributed by atoms with Crippen molar-refractivity contribution in [2.45, 2.75) is 12.8 Å². The molecule has 1 aliphatic heterocycles. The number of hydrogen-bond acceptors (Lipinski definition) is 1. The van der Waals surface area contributed by atoms with Crippen LogP contribution in [0.4, 0.5) is 5.69 Å². The summed E-state index contributed by atoms with van der Waals surface area (Å²) in [6.07, 6.45) is 1.32. The van der Waals surface area contributed by atoms with Gasteiger partial charge < -0.3 is 5.32 Å². The van der Waals surface area contributed by atoms with Crippen LogP contribution in [-0.4, -0.2) is 11.2 Å². The maximum absolute atomic E-state index is 11.1. The topological polar surface area (TPSA) is 29.1 Å². The van der Waals surface area contributed by atoms with Gasteiger partial charge in [0.2, 0.25) is 5.91 Å². The lowest BCUT2D eigenvalue weighted by atomic mass is 10.1. The van der Waals surface area contributed by atoms with Crippen LogP contribution < -0.4 is 5.32 Å². The molecular formula is C12H10BrNO. The highest BCUT2D eigenvalue weighted by molar-refractivity contribution is 9.09. The molecule has 0 saturated carbocycles. The zero-order valence-corrected chi connectivity index (χ0v) is 9.73. The van der Waals surface area contributed by atoms with Crippen LogP contribution >= 0.6 is 15.9 Å². The standard InChI is InChI=1S/C12H10BrNO/c13-6-2-1-3-9-4-5-11-10(7-9)8-12(15)14-11/h4-5,7H,2,6,8H2,(H,14,15). The molecule has 76 valence electrons. The predicted molar refractivity (Wildman–Crippen MR) is 64.1 cm³/mol. The van der Waals surface area contributed by atoms with E-state index in [0.717, 1.165) is 28.6 Å². The zero-order valence-electron chi connectivity index (χ0n) is 8.14. The zero-order chi connectivity index (χ0) is 10.7. The van der Waals surface area contributed by atoms with Gasteiger partial charge in [0, 0.05) is 23.0 Å². The van der Waals surface area contributed by atoms with E-state index in [-0.39, 0.29) is 5.91 Å². The second kappa shape index (κ2) is 4.50. The van der Waals surface area contributed by atoms with E-state index in [1.807, 2.05) is 18.2 Å². The second-order valence-electron chi connectivity index (χ2n) is 3.34. The average molecular weight is 264 g/mol. The second-order valence-corrected chi connectivity index (χ2v) is 4.13. The van der Waals surface area contributed by atoms with Crippen molar-refractivity contribution in [2.75, 3.05) is 10.6 Å². The quantitative estimate of drug-likeness (QED) is 0.612. The molecular weight excluding hydrogens is 254 g/mol. The SMILES string of the molecule is O=C1Cc2cc(C#CCCBr)ccc2N1. The Labute approximate surface area is 97.2 Å². The number of carbonyl (C=O) groups is 1. The lowest BCUT2D eigenvalue weighted by molar-refractivity contribution is -0.115. The number of fused-ring (bicyclic) bond motifs is 1. The van der Waals surface area contributed by atoms with Gasteiger partial charge in [-0.3, -0.25) is 4.79 Å². The number of rotatable bonds is 1. The Balaban J connectivity index is 2.21. The van der Waals surface area contributed by atoms with Gasteiger partial charge in [-0.1, -0.05) is 27.8 Å². The average Bonchev–Trinajstić information content (AvgIpc) is 2.57. The molecule has 0 saturated heterocycles. The van der Waals surface area contributed by atoms with Crippen LogP contribution in [0, 0.1) is 11.8 Å². The van der Waals surface area contributed by atoms with Crippen LogP contribution in [0.25, 0.3) is 0 Å². The van der Waals surface area contributed by atoms with Gasteiger partial charge >= 0.3 is 0 Å². The van der Waals surface area contributed by atoms with Gasteiger partial charge in [-0.2, -0.15) is 0 Å². The van der Waals surface area contributed by atoms with E-state index in [1.54, 1.807) is 0 Å². The predicted octanol–water partition coefficient (Wildman–Crippen LogP) is 2.32.